The third-order valence-electron chi connectivity index (χ3n) is 3.16. The van der Waals surface area contributed by atoms with Crippen LogP contribution < -0.4 is 5.32 Å². The summed E-state index contributed by atoms with van der Waals surface area (Å²) in [5.41, 5.74) is -0.451. The van der Waals surface area contributed by atoms with Gasteiger partial charge in [0.05, 0.1) is 6.04 Å². The van der Waals surface area contributed by atoms with Crippen LogP contribution in [0.1, 0.15) is 52.5 Å². The van der Waals surface area contributed by atoms with Crippen LogP contribution in [-0.2, 0) is 4.74 Å². The Balaban J connectivity index is 1.76. The maximum atomic E-state index is 11.7. The Bertz CT molecular complexity index is 404. The standard InChI is InChI=1S/C12H21N5O2/c1-12(2,3)19-11(18)14-9-4-6-10(7-5-9)17-8-13-15-16-17/h8-10H,4-7H2,1-3H3,(H,14,18)/t9-,10-. The minimum Gasteiger partial charge on any atom is -0.444 e. The van der Waals surface area contributed by atoms with Crippen molar-refractivity contribution in [1.82, 2.24) is 25.5 Å². The van der Waals surface area contributed by atoms with Gasteiger partial charge in [0.15, 0.2) is 0 Å². The molecule has 1 aromatic heterocycles. The van der Waals surface area contributed by atoms with E-state index >= 15 is 0 Å². The summed E-state index contributed by atoms with van der Waals surface area (Å²) in [6.45, 7) is 5.59. The van der Waals surface area contributed by atoms with Crippen molar-refractivity contribution in [3.63, 3.8) is 0 Å². The normalized spacial score (nSPS) is 23.9. The molecule has 1 fully saturated rings. The maximum Gasteiger partial charge on any atom is 0.407 e. The van der Waals surface area contributed by atoms with Gasteiger partial charge in [-0.1, -0.05) is 0 Å². The molecule has 0 aliphatic heterocycles. The van der Waals surface area contributed by atoms with Crippen LogP contribution in [0, 0.1) is 0 Å². The van der Waals surface area contributed by atoms with E-state index in [1.165, 1.54) is 0 Å². The molecule has 0 saturated heterocycles. The third kappa shape index (κ3) is 4.18. The second kappa shape index (κ2) is 5.54. The van der Waals surface area contributed by atoms with Gasteiger partial charge in [0, 0.05) is 6.04 Å². The predicted molar refractivity (Wildman–Crippen MR) is 68.5 cm³/mol. The highest BCUT2D eigenvalue weighted by Crippen LogP contribution is 2.27. The largest absolute Gasteiger partial charge is 0.444 e. The Morgan fingerprint density at radius 1 is 1.32 bits per heavy atom. The summed E-state index contributed by atoms with van der Waals surface area (Å²) in [6, 6.07) is 0.522. The first kappa shape index (κ1) is 13.8. The van der Waals surface area contributed by atoms with Crippen LogP contribution in [0.2, 0.25) is 0 Å². The number of ether oxygens (including phenoxy) is 1. The summed E-state index contributed by atoms with van der Waals surface area (Å²) in [7, 11) is 0. The summed E-state index contributed by atoms with van der Waals surface area (Å²) >= 11 is 0. The zero-order valence-corrected chi connectivity index (χ0v) is 11.7. The molecule has 1 aromatic rings. The van der Waals surface area contributed by atoms with Gasteiger partial charge < -0.3 is 10.1 Å². The number of rotatable bonds is 2. The average molecular weight is 267 g/mol. The van der Waals surface area contributed by atoms with Gasteiger partial charge in [-0.2, -0.15) is 0 Å². The molecule has 1 aliphatic rings. The molecular weight excluding hydrogens is 246 g/mol. The van der Waals surface area contributed by atoms with Crippen molar-refractivity contribution in [2.45, 2.75) is 64.1 Å². The third-order valence-corrected chi connectivity index (χ3v) is 3.16. The van der Waals surface area contributed by atoms with Gasteiger partial charge in [0.25, 0.3) is 0 Å². The van der Waals surface area contributed by atoms with Gasteiger partial charge in [0.2, 0.25) is 0 Å². The quantitative estimate of drug-likeness (QED) is 0.881. The Morgan fingerprint density at radius 3 is 2.53 bits per heavy atom. The summed E-state index contributed by atoms with van der Waals surface area (Å²) in [5, 5.41) is 14.1. The molecule has 1 aliphatic carbocycles. The minimum atomic E-state index is -0.451. The summed E-state index contributed by atoms with van der Waals surface area (Å²) in [4.78, 5) is 11.7. The zero-order chi connectivity index (χ0) is 13.9. The fraction of sp³-hybridized carbons (Fsp3) is 0.833. The molecule has 106 valence electrons. The molecule has 0 aromatic carbocycles. The van der Waals surface area contributed by atoms with Crippen molar-refractivity contribution < 1.29 is 9.53 Å². The first-order chi connectivity index (χ1) is 8.94. The van der Waals surface area contributed by atoms with Gasteiger partial charge in [-0.3, -0.25) is 0 Å². The number of amides is 1. The zero-order valence-electron chi connectivity index (χ0n) is 11.7. The number of tetrazole rings is 1. The van der Waals surface area contributed by atoms with Crippen molar-refractivity contribution in [2.24, 2.45) is 0 Å². The molecule has 0 spiro atoms. The Kier molecular flexibility index (Phi) is 4.01. The molecule has 0 atom stereocenters. The monoisotopic (exact) mass is 267 g/mol. The van der Waals surface area contributed by atoms with E-state index in [2.05, 4.69) is 20.8 Å². The number of carbonyl (C=O) groups excluding carboxylic acids is 1. The van der Waals surface area contributed by atoms with E-state index in [9.17, 15) is 4.79 Å². The lowest BCUT2D eigenvalue weighted by Crippen LogP contribution is -2.41. The highest BCUT2D eigenvalue weighted by Gasteiger charge is 2.25. The summed E-state index contributed by atoms with van der Waals surface area (Å²) in [5.74, 6) is 0. The van der Waals surface area contributed by atoms with E-state index in [1.54, 1.807) is 11.0 Å². The second-order valence-corrected chi connectivity index (χ2v) is 5.94. The van der Waals surface area contributed by atoms with Crippen molar-refractivity contribution in [1.29, 1.82) is 0 Å². The lowest BCUT2D eigenvalue weighted by atomic mass is 9.91. The highest BCUT2D eigenvalue weighted by molar-refractivity contribution is 5.68. The predicted octanol–water partition coefficient (Wildman–Crippen LogP) is 1.68. The van der Waals surface area contributed by atoms with Crippen molar-refractivity contribution in [3.8, 4) is 0 Å². The summed E-state index contributed by atoms with van der Waals surface area (Å²) < 4.78 is 7.05. The van der Waals surface area contributed by atoms with E-state index in [4.69, 9.17) is 4.74 Å². The van der Waals surface area contributed by atoms with Gasteiger partial charge >= 0.3 is 6.09 Å². The molecule has 7 nitrogen and oxygen atoms in total. The van der Waals surface area contributed by atoms with E-state index in [-0.39, 0.29) is 12.1 Å². The fourth-order valence-corrected chi connectivity index (χ4v) is 2.29. The number of alkyl carbamates (subject to hydrolysis) is 1. The highest BCUT2D eigenvalue weighted by atomic mass is 16.6. The van der Waals surface area contributed by atoms with Crippen LogP contribution in [0.5, 0.6) is 0 Å². The molecule has 19 heavy (non-hydrogen) atoms. The fourth-order valence-electron chi connectivity index (χ4n) is 2.29. The van der Waals surface area contributed by atoms with Crippen LogP contribution in [0.15, 0.2) is 6.33 Å². The lowest BCUT2D eigenvalue weighted by molar-refractivity contribution is 0.0487. The van der Waals surface area contributed by atoms with Crippen LogP contribution in [0.25, 0.3) is 0 Å². The molecule has 1 N–H and O–H groups in total. The molecule has 0 bridgehead atoms. The SMILES string of the molecule is CC(C)(C)OC(=O)N[C@H]1CC[C@H](n2cnnn2)CC1. The molecule has 0 radical (unpaired) electrons. The molecule has 1 amide bonds. The molecular formula is C12H21N5O2. The topological polar surface area (TPSA) is 81.9 Å². The smallest absolute Gasteiger partial charge is 0.407 e. The van der Waals surface area contributed by atoms with E-state index in [0.717, 1.165) is 25.7 Å². The van der Waals surface area contributed by atoms with Crippen LogP contribution in [0.4, 0.5) is 4.79 Å². The number of nitrogens with zero attached hydrogens (tertiary/aromatic N) is 4. The number of aromatic nitrogens is 4. The second-order valence-electron chi connectivity index (χ2n) is 5.94. The van der Waals surface area contributed by atoms with E-state index < -0.39 is 5.60 Å². The number of hydrogen-bond acceptors (Lipinski definition) is 5. The molecule has 1 saturated carbocycles. The lowest BCUT2D eigenvalue weighted by Gasteiger charge is -2.29. The van der Waals surface area contributed by atoms with Gasteiger partial charge in [-0.15, -0.1) is 5.10 Å². The molecule has 1 heterocycles. The number of nitrogens with one attached hydrogen (secondary N) is 1. The van der Waals surface area contributed by atoms with Crippen molar-refractivity contribution >= 4 is 6.09 Å². The molecule has 7 heteroatoms. The first-order valence-electron chi connectivity index (χ1n) is 6.66. The van der Waals surface area contributed by atoms with E-state index in [1.807, 2.05) is 20.8 Å². The number of carbonyl (C=O) groups is 1. The van der Waals surface area contributed by atoms with Gasteiger partial charge in [0.1, 0.15) is 11.9 Å². The summed E-state index contributed by atoms with van der Waals surface area (Å²) in [6.07, 6.45) is 5.08. The maximum absolute atomic E-state index is 11.7. The minimum absolute atomic E-state index is 0.183. The van der Waals surface area contributed by atoms with Crippen LogP contribution in [0.3, 0.4) is 0 Å². The average Bonchev–Trinajstić information content (AvgIpc) is 2.80. The molecule has 0 unspecified atom stereocenters. The van der Waals surface area contributed by atoms with Gasteiger partial charge in [-0.25, -0.2) is 9.48 Å². The van der Waals surface area contributed by atoms with E-state index in [0.29, 0.717) is 6.04 Å². The Hall–Kier alpha value is -1.66. The van der Waals surface area contributed by atoms with Crippen LogP contribution >= 0.6 is 0 Å². The van der Waals surface area contributed by atoms with Gasteiger partial charge in [-0.05, 0) is 56.9 Å². The van der Waals surface area contributed by atoms with Crippen LogP contribution in [-0.4, -0.2) is 37.9 Å². The Morgan fingerprint density at radius 2 is 2.00 bits per heavy atom. The first-order valence-corrected chi connectivity index (χ1v) is 6.66. The molecule has 2 rings (SSSR count). The van der Waals surface area contributed by atoms with Crippen molar-refractivity contribution in [3.05, 3.63) is 6.33 Å². The van der Waals surface area contributed by atoms with Crippen molar-refractivity contribution in [2.75, 3.05) is 0 Å². The Labute approximate surface area is 112 Å². The number of hydrogen-bond donors (Lipinski definition) is 1.